The normalized spacial score (nSPS) is 16.8. The Morgan fingerprint density at radius 2 is 2.04 bits per heavy atom. The molecule has 1 amide bonds. The van der Waals surface area contributed by atoms with E-state index in [-0.39, 0.29) is 29.9 Å². The highest BCUT2D eigenvalue weighted by atomic mass is 127. The summed E-state index contributed by atoms with van der Waals surface area (Å²) in [5.41, 5.74) is 2.50. The highest BCUT2D eigenvalue weighted by Gasteiger charge is 2.29. The van der Waals surface area contributed by atoms with Gasteiger partial charge >= 0.3 is 0 Å². The van der Waals surface area contributed by atoms with Gasteiger partial charge in [0.05, 0.1) is 6.54 Å². The van der Waals surface area contributed by atoms with Crippen molar-refractivity contribution in [3.05, 3.63) is 58.3 Å². The molecule has 1 aromatic carbocycles. The Morgan fingerprint density at radius 3 is 2.75 bits per heavy atom. The summed E-state index contributed by atoms with van der Waals surface area (Å²) in [5.74, 6) is 1.41. The lowest BCUT2D eigenvalue weighted by molar-refractivity contribution is -0.127. The average molecular weight is 512 g/mol. The van der Waals surface area contributed by atoms with E-state index >= 15 is 0 Å². The van der Waals surface area contributed by atoms with Crippen molar-refractivity contribution in [2.24, 2.45) is 10.9 Å². The van der Waals surface area contributed by atoms with Crippen molar-refractivity contribution in [3.63, 3.8) is 0 Å². The number of amides is 1. The molecule has 1 unspecified atom stereocenters. The molecule has 1 aromatic heterocycles. The van der Waals surface area contributed by atoms with Crippen LogP contribution in [0.15, 0.2) is 52.2 Å². The van der Waals surface area contributed by atoms with Gasteiger partial charge in [0.2, 0.25) is 5.91 Å². The molecule has 28 heavy (non-hydrogen) atoms. The van der Waals surface area contributed by atoms with Gasteiger partial charge in [-0.1, -0.05) is 30.3 Å². The van der Waals surface area contributed by atoms with Crippen LogP contribution in [-0.2, 0) is 17.8 Å². The lowest BCUT2D eigenvalue weighted by atomic mass is 10.1. The molecule has 1 aliphatic heterocycles. The molecule has 0 aliphatic carbocycles. The SMILES string of the molecule is CCNC(=NCc1ccsc1)NCC1CC(=O)N(CCc2ccccc2)C1.I. The van der Waals surface area contributed by atoms with Crippen molar-refractivity contribution in [1.29, 1.82) is 0 Å². The van der Waals surface area contributed by atoms with Crippen LogP contribution in [0.1, 0.15) is 24.5 Å². The van der Waals surface area contributed by atoms with Crippen LogP contribution in [0.4, 0.5) is 0 Å². The van der Waals surface area contributed by atoms with Crippen molar-refractivity contribution in [2.45, 2.75) is 26.3 Å². The molecule has 152 valence electrons. The molecule has 0 spiro atoms. The average Bonchev–Trinajstić information content (AvgIpc) is 3.33. The second-order valence-corrected chi connectivity index (χ2v) is 7.63. The number of likely N-dealkylation sites (tertiary alicyclic amines) is 1. The molecule has 0 radical (unpaired) electrons. The molecule has 1 aliphatic rings. The standard InChI is InChI=1S/C21H28N4OS.HI/c1-2-22-21(23-13-18-9-11-27-16-18)24-14-19-12-20(26)25(15-19)10-8-17-6-4-3-5-7-17;/h3-7,9,11,16,19H,2,8,10,12-15H2,1H3,(H2,22,23,24);1H. The van der Waals surface area contributed by atoms with E-state index in [9.17, 15) is 4.79 Å². The summed E-state index contributed by atoms with van der Waals surface area (Å²) in [5, 5.41) is 10.9. The number of hydrogen-bond acceptors (Lipinski definition) is 3. The van der Waals surface area contributed by atoms with Crippen LogP contribution in [0, 0.1) is 5.92 Å². The molecular formula is C21H29IN4OS. The van der Waals surface area contributed by atoms with Gasteiger partial charge < -0.3 is 15.5 Å². The van der Waals surface area contributed by atoms with Gasteiger partial charge in [0, 0.05) is 38.5 Å². The highest BCUT2D eigenvalue weighted by Crippen LogP contribution is 2.17. The van der Waals surface area contributed by atoms with Gasteiger partial charge in [-0.25, -0.2) is 4.99 Å². The zero-order chi connectivity index (χ0) is 18.9. The third-order valence-electron chi connectivity index (χ3n) is 4.71. The van der Waals surface area contributed by atoms with Crippen LogP contribution in [0.3, 0.4) is 0 Å². The summed E-state index contributed by atoms with van der Waals surface area (Å²) < 4.78 is 0. The maximum atomic E-state index is 12.3. The number of hydrogen-bond donors (Lipinski definition) is 2. The fourth-order valence-electron chi connectivity index (χ4n) is 3.25. The Morgan fingerprint density at radius 1 is 1.21 bits per heavy atom. The molecule has 7 heteroatoms. The van der Waals surface area contributed by atoms with E-state index in [1.807, 2.05) is 23.1 Å². The molecule has 5 nitrogen and oxygen atoms in total. The van der Waals surface area contributed by atoms with Crippen molar-refractivity contribution in [3.8, 4) is 0 Å². The summed E-state index contributed by atoms with van der Waals surface area (Å²) in [6.45, 7) is 5.94. The lowest BCUT2D eigenvalue weighted by Crippen LogP contribution is -2.40. The first-order valence-corrected chi connectivity index (χ1v) is 10.5. The largest absolute Gasteiger partial charge is 0.357 e. The fraction of sp³-hybridized carbons (Fsp3) is 0.429. The van der Waals surface area contributed by atoms with Crippen LogP contribution in [-0.4, -0.2) is 42.9 Å². The first-order valence-electron chi connectivity index (χ1n) is 9.59. The Hall–Kier alpha value is -1.61. The first kappa shape index (κ1) is 22.7. The molecule has 1 atom stereocenters. The molecule has 2 heterocycles. The summed E-state index contributed by atoms with van der Waals surface area (Å²) in [7, 11) is 0. The number of thiophene rings is 1. The first-order chi connectivity index (χ1) is 13.2. The van der Waals surface area contributed by atoms with Gasteiger partial charge in [-0.15, -0.1) is 24.0 Å². The molecule has 1 saturated heterocycles. The number of nitrogens with one attached hydrogen (secondary N) is 2. The molecule has 0 bridgehead atoms. The van der Waals surface area contributed by atoms with Gasteiger partial charge in [-0.3, -0.25) is 4.79 Å². The van der Waals surface area contributed by atoms with Gasteiger partial charge in [0.25, 0.3) is 0 Å². The van der Waals surface area contributed by atoms with Gasteiger partial charge in [-0.2, -0.15) is 11.3 Å². The number of carbonyl (C=O) groups is 1. The Balaban J connectivity index is 0.00000280. The van der Waals surface area contributed by atoms with Crippen molar-refractivity contribution in [2.75, 3.05) is 26.2 Å². The van der Waals surface area contributed by atoms with Crippen LogP contribution < -0.4 is 10.6 Å². The number of carbonyl (C=O) groups excluding carboxylic acids is 1. The van der Waals surface area contributed by atoms with E-state index in [0.717, 1.165) is 38.6 Å². The molecule has 1 fully saturated rings. The van der Waals surface area contributed by atoms with E-state index in [4.69, 9.17) is 0 Å². The van der Waals surface area contributed by atoms with E-state index < -0.39 is 0 Å². The number of rotatable bonds is 8. The zero-order valence-electron chi connectivity index (χ0n) is 16.3. The van der Waals surface area contributed by atoms with Crippen molar-refractivity contribution in [1.82, 2.24) is 15.5 Å². The van der Waals surface area contributed by atoms with E-state index in [0.29, 0.717) is 18.9 Å². The predicted octanol–water partition coefficient (Wildman–Crippen LogP) is 3.51. The minimum Gasteiger partial charge on any atom is -0.357 e. The molecule has 2 aromatic rings. The van der Waals surface area contributed by atoms with Gasteiger partial charge in [0.1, 0.15) is 0 Å². The molecular weight excluding hydrogens is 483 g/mol. The third-order valence-corrected chi connectivity index (χ3v) is 5.44. The van der Waals surface area contributed by atoms with Crippen LogP contribution >= 0.6 is 35.3 Å². The third kappa shape index (κ3) is 7.09. The van der Waals surface area contributed by atoms with E-state index in [1.54, 1.807) is 11.3 Å². The maximum absolute atomic E-state index is 12.3. The molecule has 0 saturated carbocycles. The Labute approximate surface area is 188 Å². The monoisotopic (exact) mass is 512 g/mol. The van der Waals surface area contributed by atoms with Crippen LogP contribution in [0.5, 0.6) is 0 Å². The second kappa shape index (κ2) is 12.1. The van der Waals surface area contributed by atoms with Gasteiger partial charge in [0.15, 0.2) is 5.96 Å². The number of guanidine groups is 1. The molecule has 2 N–H and O–H groups in total. The van der Waals surface area contributed by atoms with Crippen molar-refractivity contribution < 1.29 is 4.79 Å². The minimum absolute atomic E-state index is 0. The smallest absolute Gasteiger partial charge is 0.223 e. The van der Waals surface area contributed by atoms with Crippen molar-refractivity contribution >= 4 is 47.2 Å². The summed E-state index contributed by atoms with van der Waals surface area (Å²) in [4.78, 5) is 18.9. The Bertz CT molecular complexity index is 736. The number of aliphatic imine (C=N–C) groups is 1. The number of benzene rings is 1. The number of nitrogens with zero attached hydrogens (tertiary/aromatic N) is 2. The van der Waals surface area contributed by atoms with E-state index in [1.165, 1.54) is 11.1 Å². The molecule has 3 rings (SSSR count). The van der Waals surface area contributed by atoms with Crippen LogP contribution in [0.25, 0.3) is 0 Å². The van der Waals surface area contributed by atoms with E-state index in [2.05, 4.69) is 51.5 Å². The summed E-state index contributed by atoms with van der Waals surface area (Å²) in [6, 6.07) is 12.4. The summed E-state index contributed by atoms with van der Waals surface area (Å²) >= 11 is 1.69. The Kier molecular flexibility index (Phi) is 9.77. The quantitative estimate of drug-likeness (QED) is 0.324. The highest BCUT2D eigenvalue weighted by molar-refractivity contribution is 14.0. The summed E-state index contributed by atoms with van der Waals surface area (Å²) in [6.07, 6.45) is 1.53. The topological polar surface area (TPSA) is 56.7 Å². The second-order valence-electron chi connectivity index (χ2n) is 6.85. The zero-order valence-corrected chi connectivity index (χ0v) is 19.4. The minimum atomic E-state index is 0. The van der Waals surface area contributed by atoms with Gasteiger partial charge in [-0.05, 0) is 41.3 Å². The fourth-order valence-corrected chi connectivity index (χ4v) is 3.91. The maximum Gasteiger partial charge on any atom is 0.223 e. The predicted molar refractivity (Wildman–Crippen MR) is 127 cm³/mol. The van der Waals surface area contributed by atoms with Crippen LogP contribution in [0.2, 0.25) is 0 Å². The lowest BCUT2D eigenvalue weighted by Gasteiger charge is -2.18. The number of halogens is 1.